The molecule has 170 valence electrons. The van der Waals surface area contributed by atoms with E-state index in [2.05, 4.69) is 72.3 Å². The van der Waals surface area contributed by atoms with Gasteiger partial charge in [-0.1, -0.05) is 106 Å². The van der Waals surface area contributed by atoms with Crippen LogP contribution in [-0.4, -0.2) is 27.8 Å². The third-order valence-electron chi connectivity index (χ3n) is 5.39. The van der Waals surface area contributed by atoms with Crippen LogP contribution in [0.5, 0.6) is 0 Å². The molecule has 2 aromatic carbocycles. The van der Waals surface area contributed by atoms with E-state index in [0.717, 1.165) is 48.0 Å². The van der Waals surface area contributed by atoms with E-state index in [-0.39, 0.29) is 5.91 Å². The Kier molecular flexibility index (Phi) is 9.89. The monoisotopic (exact) mass is 449 g/mol. The molecular formula is C27H35N3OS. The second kappa shape index (κ2) is 13.1. The zero-order valence-electron chi connectivity index (χ0n) is 19.3. The topological polar surface area (TPSA) is 46.9 Å². The number of nitrogens with one attached hydrogen (secondary N) is 1. The van der Waals surface area contributed by atoms with Gasteiger partial charge in [-0.15, -0.1) is 0 Å². The van der Waals surface area contributed by atoms with Crippen molar-refractivity contribution in [1.82, 2.24) is 14.9 Å². The number of aromatic nitrogens is 2. The molecule has 5 heteroatoms. The van der Waals surface area contributed by atoms with E-state index in [9.17, 15) is 4.79 Å². The fourth-order valence-corrected chi connectivity index (χ4v) is 4.67. The molecule has 3 aromatic rings. The van der Waals surface area contributed by atoms with Crippen LogP contribution in [0.1, 0.15) is 52.4 Å². The summed E-state index contributed by atoms with van der Waals surface area (Å²) in [5, 5.41) is 4.08. The molecule has 1 aromatic heterocycles. The van der Waals surface area contributed by atoms with Crippen LogP contribution in [0.25, 0.3) is 22.5 Å². The number of amides is 1. The van der Waals surface area contributed by atoms with Crippen LogP contribution in [-0.2, 0) is 11.3 Å². The Hall–Kier alpha value is -2.53. The van der Waals surface area contributed by atoms with Gasteiger partial charge in [0.25, 0.3) is 0 Å². The van der Waals surface area contributed by atoms with E-state index in [1.807, 2.05) is 12.1 Å². The summed E-state index contributed by atoms with van der Waals surface area (Å²) in [5.74, 6) is 0.970. The smallest absolute Gasteiger partial charge is 0.220 e. The van der Waals surface area contributed by atoms with Crippen LogP contribution in [0.3, 0.4) is 0 Å². The Labute approximate surface area is 196 Å². The van der Waals surface area contributed by atoms with Gasteiger partial charge in [-0.25, -0.2) is 4.98 Å². The van der Waals surface area contributed by atoms with E-state index in [4.69, 9.17) is 4.98 Å². The molecule has 0 aliphatic rings. The first kappa shape index (κ1) is 24.1. The lowest BCUT2D eigenvalue weighted by atomic mass is 10.0. The number of benzene rings is 2. The lowest BCUT2D eigenvalue weighted by Crippen LogP contribution is -2.25. The highest BCUT2D eigenvalue weighted by atomic mass is 32.2. The molecule has 0 aliphatic heterocycles. The summed E-state index contributed by atoms with van der Waals surface area (Å²) >= 11 is 1.72. The van der Waals surface area contributed by atoms with Gasteiger partial charge >= 0.3 is 0 Å². The fourth-order valence-electron chi connectivity index (χ4n) is 3.79. The fraction of sp³-hybridized carbons (Fsp3) is 0.407. The quantitative estimate of drug-likeness (QED) is 0.230. The summed E-state index contributed by atoms with van der Waals surface area (Å²) in [6.45, 7) is 5.96. The third kappa shape index (κ3) is 6.73. The van der Waals surface area contributed by atoms with Crippen LogP contribution in [0.4, 0.5) is 0 Å². The molecule has 0 radical (unpaired) electrons. The molecule has 0 saturated heterocycles. The molecule has 0 saturated carbocycles. The zero-order chi connectivity index (χ0) is 22.6. The van der Waals surface area contributed by atoms with Gasteiger partial charge in [-0.2, -0.15) is 0 Å². The van der Waals surface area contributed by atoms with Crippen molar-refractivity contribution in [3.05, 3.63) is 60.7 Å². The van der Waals surface area contributed by atoms with Crippen molar-refractivity contribution in [2.75, 3.05) is 12.3 Å². The van der Waals surface area contributed by atoms with Gasteiger partial charge in [0.2, 0.25) is 5.91 Å². The number of imidazole rings is 1. The average molecular weight is 450 g/mol. The SMILES string of the molecule is CCCCCCC(=O)NCCSc1nc(-c2ccccc2)c(-c2ccccc2)n1CCC. The highest BCUT2D eigenvalue weighted by molar-refractivity contribution is 7.99. The minimum atomic E-state index is 0.161. The number of hydrogen-bond donors (Lipinski definition) is 1. The Bertz CT molecular complexity index is 954. The summed E-state index contributed by atoms with van der Waals surface area (Å²) < 4.78 is 2.34. The van der Waals surface area contributed by atoms with Crippen molar-refractivity contribution < 1.29 is 4.79 Å². The Balaban J connectivity index is 1.74. The largest absolute Gasteiger partial charge is 0.355 e. The van der Waals surface area contributed by atoms with E-state index < -0.39 is 0 Å². The number of carbonyl (C=O) groups excluding carboxylic acids is 1. The van der Waals surface area contributed by atoms with Crippen molar-refractivity contribution >= 4 is 17.7 Å². The van der Waals surface area contributed by atoms with Crippen molar-refractivity contribution in [2.24, 2.45) is 0 Å². The predicted molar refractivity (Wildman–Crippen MR) is 136 cm³/mol. The number of hydrogen-bond acceptors (Lipinski definition) is 3. The molecule has 1 heterocycles. The summed E-state index contributed by atoms with van der Waals surface area (Å²) in [7, 11) is 0. The molecule has 1 amide bonds. The maximum absolute atomic E-state index is 12.1. The van der Waals surface area contributed by atoms with Crippen molar-refractivity contribution in [3.8, 4) is 22.5 Å². The molecular weight excluding hydrogens is 414 g/mol. The molecule has 0 unspecified atom stereocenters. The molecule has 0 atom stereocenters. The molecule has 32 heavy (non-hydrogen) atoms. The second-order valence-corrected chi connectivity index (χ2v) is 9.05. The minimum absolute atomic E-state index is 0.161. The molecule has 0 fully saturated rings. The third-order valence-corrected chi connectivity index (χ3v) is 6.37. The van der Waals surface area contributed by atoms with Crippen LogP contribution >= 0.6 is 11.8 Å². The number of rotatable bonds is 13. The molecule has 3 rings (SSSR count). The maximum atomic E-state index is 12.1. The molecule has 4 nitrogen and oxygen atoms in total. The van der Waals surface area contributed by atoms with Crippen molar-refractivity contribution in [1.29, 1.82) is 0 Å². The van der Waals surface area contributed by atoms with Crippen molar-refractivity contribution in [3.63, 3.8) is 0 Å². The molecule has 0 spiro atoms. The van der Waals surface area contributed by atoms with Gasteiger partial charge in [-0.05, 0) is 12.8 Å². The van der Waals surface area contributed by atoms with Gasteiger partial charge in [0.05, 0.1) is 11.4 Å². The standard InChI is InChI=1S/C27H35N3OS/c1-3-5-6-13-18-24(31)28-19-21-32-27-29-25(22-14-9-7-10-15-22)26(30(27)20-4-2)23-16-11-8-12-17-23/h7-12,14-17H,3-6,13,18-21H2,1-2H3,(H,28,31). The van der Waals surface area contributed by atoms with Crippen LogP contribution in [0.15, 0.2) is 65.8 Å². The van der Waals surface area contributed by atoms with E-state index in [1.165, 1.54) is 24.1 Å². The predicted octanol–water partition coefficient (Wildman–Crippen LogP) is 6.81. The number of thioether (sulfide) groups is 1. The van der Waals surface area contributed by atoms with Crippen LogP contribution in [0, 0.1) is 0 Å². The second-order valence-electron chi connectivity index (χ2n) is 7.98. The normalized spacial score (nSPS) is 10.9. The minimum Gasteiger partial charge on any atom is -0.355 e. The number of carbonyl (C=O) groups is 1. The molecule has 1 N–H and O–H groups in total. The Morgan fingerprint density at radius 1 is 0.906 bits per heavy atom. The van der Waals surface area contributed by atoms with Gasteiger partial charge in [-0.3, -0.25) is 4.79 Å². The van der Waals surface area contributed by atoms with Crippen molar-refractivity contribution in [2.45, 2.75) is 64.1 Å². The summed E-state index contributed by atoms with van der Waals surface area (Å²) in [5.41, 5.74) is 4.50. The number of unbranched alkanes of at least 4 members (excludes halogenated alkanes) is 3. The lowest BCUT2D eigenvalue weighted by Gasteiger charge is -2.12. The van der Waals surface area contributed by atoms with E-state index >= 15 is 0 Å². The number of nitrogens with zero attached hydrogens (tertiary/aromatic N) is 2. The molecule has 0 aliphatic carbocycles. The zero-order valence-corrected chi connectivity index (χ0v) is 20.2. The summed E-state index contributed by atoms with van der Waals surface area (Å²) in [4.78, 5) is 17.1. The van der Waals surface area contributed by atoms with Crippen LogP contribution in [0.2, 0.25) is 0 Å². The first-order valence-electron chi connectivity index (χ1n) is 11.9. The van der Waals surface area contributed by atoms with Gasteiger partial charge in [0, 0.05) is 36.4 Å². The first-order chi connectivity index (χ1) is 15.7. The van der Waals surface area contributed by atoms with E-state index in [1.54, 1.807) is 11.8 Å². The van der Waals surface area contributed by atoms with Gasteiger partial charge in [0.15, 0.2) is 5.16 Å². The molecule has 0 bridgehead atoms. The highest BCUT2D eigenvalue weighted by Crippen LogP contribution is 2.36. The first-order valence-corrected chi connectivity index (χ1v) is 12.8. The summed E-state index contributed by atoms with van der Waals surface area (Å²) in [6, 6.07) is 20.9. The van der Waals surface area contributed by atoms with Gasteiger partial charge in [0.1, 0.15) is 0 Å². The summed E-state index contributed by atoms with van der Waals surface area (Å²) in [6.07, 6.45) is 6.18. The lowest BCUT2D eigenvalue weighted by molar-refractivity contribution is -0.121. The highest BCUT2D eigenvalue weighted by Gasteiger charge is 2.19. The Morgan fingerprint density at radius 2 is 1.59 bits per heavy atom. The Morgan fingerprint density at radius 3 is 2.25 bits per heavy atom. The van der Waals surface area contributed by atoms with Crippen LogP contribution < -0.4 is 5.32 Å². The van der Waals surface area contributed by atoms with E-state index in [0.29, 0.717) is 13.0 Å². The average Bonchev–Trinajstić information content (AvgIpc) is 3.19. The van der Waals surface area contributed by atoms with Gasteiger partial charge < -0.3 is 9.88 Å². The maximum Gasteiger partial charge on any atom is 0.220 e.